The monoisotopic (exact) mass is 485 g/mol. The predicted molar refractivity (Wildman–Crippen MR) is 116 cm³/mol. The first kappa shape index (κ1) is 21.4. The van der Waals surface area contributed by atoms with Crippen molar-refractivity contribution in [2.45, 2.75) is 13.3 Å². The minimum atomic E-state index is -4.75. The van der Waals surface area contributed by atoms with Crippen LogP contribution in [0, 0.1) is 6.92 Å². The van der Waals surface area contributed by atoms with Gasteiger partial charge in [0.2, 0.25) is 0 Å². The number of fused-ring (bicyclic) bond motifs is 1. The molecule has 4 aromatic rings. The highest BCUT2D eigenvalue weighted by Gasteiger charge is 2.31. The highest BCUT2D eigenvalue weighted by molar-refractivity contribution is 7.21. The van der Waals surface area contributed by atoms with Crippen molar-refractivity contribution in [3.05, 3.63) is 58.3 Å². The lowest BCUT2D eigenvalue weighted by molar-refractivity contribution is -0.274. The average molecular weight is 486 g/mol. The number of nitrogens with zero attached hydrogens (tertiary/aromatic N) is 3. The first-order chi connectivity index (χ1) is 14.7. The number of aryl methyl sites for hydroxylation is 1. The molecule has 31 heavy (non-hydrogen) atoms. The Morgan fingerprint density at radius 3 is 2.26 bits per heavy atom. The van der Waals surface area contributed by atoms with Crippen LogP contribution >= 0.6 is 34.5 Å². The van der Waals surface area contributed by atoms with Crippen molar-refractivity contribution in [1.82, 2.24) is 15.0 Å². The molecule has 0 aliphatic carbocycles. The second-order valence-corrected chi connectivity index (χ2v) is 8.00. The summed E-state index contributed by atoms with van der Waals surface area (Å²) in [5.74, 6) is 0.582. The number of hydrogen-bond donors (Lipinski definition) is 2. The summed E-state index contributed by atoms with van der Waals surface area (Å²) in [6.07, 6.45) is -4.75. The molecule has 2 aromatic carbocycles. The molecular formula is C19H12Cl2F3N5OS. The molecule has 0 atom stereocenters. The Bertz CT molecular complexity index is 1230. The van der Waals surface area contributed by atoms with Crippen LogP contribution in [0.5, 0.6) is 5.75 Å². The number of aromatic nitrogens is 3. The standard InChI is InChI=1S/C19H12Cl2F3N5OS/c1-9-25-16(27-10-5-7-11(8-6-10)30-19(22,23)24)15-17(26-9)31-18(29-15)28-14-12(20)3-2-4-13(14)21/h2-8H,1H3,(H,28,29)(H,25,26,27). The van der Waals surface area contributed by atoms with Crippen LogP contribution in [0.4, 0.5) is 35.5 Å². The molecule has 0 saturated heterocycles. The van der Waals surface area contributed by atoms with Crippen molar-refractivity contribution in [1.29, 1.82) is 0 Å². The van der Waals surface area contributed by atoms with E-state index in [1.165, 1.54) is 35.6 Å². The average Bonchev–Trinajstić information content (AvgIpc) is 3.08. The van der Waals surface area contributed by atoms with Crippen molar-refractivity contribution in [2.24, 2.45) is 0 Å². The molecular weight excluding hydrogens is 474 g/mol. The Kier molecular flexibility index (Phi) is 5.78. The number of thiazole rings is 1. The van der Waals surface area contributed by atoms with Gasteiger partial charge in [0.15, 0.2) is 15.8 Å². The topological polar surface area (TPSA) is 72.0 Å². The third-order valence-electron chi connectivity index (χ3n) is 3.92. The Morgan fingerprint density at radius 2 is 1.61 bits per heavy atom. The van der Waals surface area contributed by atoms with Crippen molar-refractivity contribution < 1.29 is 17.9 Å². The van der Waals surface area contributed by atoms with E-state index in [9.17, 15) is 13.2 Å². The fraction of sp³-hybridized carbons (Fsp3) is 0.105. The van der Waals surface area contributed by atoms with E-state index < -0.39 is 6.36 Å². The van der Waals surface area contributed by atoms with Gasteiger partial charge in [-0.05, 0) is 43.3 Å². The van der Waals surface area contributed by atoms with E-state index in [1.54, 1.807) is 25.1 Å². The van der Waals surface area contributed by atoms with Crippen LogP contribution in [0.2, 0.25) is 10.0 Å². The van der Waals surface area contributed by atoms with Gasteiger partial charge in [-0.25, -0.2) is 15.0 Å². The smallest absolute Gasteiger partial charge is 0.406 e. The molecule has 6 nitrogen and oxygen atoms in total. The lowest BCUT2D eigenvalue weighted by Crippen LogP contribution is -2.16. The number of halogens is 5. The van der Waals surface area contributed by atoms with Crippen LogP contribution in [0.25, 0.3) is 10.3 Å². The lowest BCUT2D eigenvalue weighted by Gasteiger charge is -2.10. The summed E-state index contributed by atoms with van der Waals surface area (Å²) < 4.78 is 40.9. The molecule has 4 rings (SSSR count). The minimum absolute atomic E-state index is 0.321. The number of nitrogens with one attached hydrogen (secondary N) is 2. The maximum absolute atomic E-state index is 12.3. The van der Waals surface area contributed by atoms with Crippen molar-refractivity contribution in [3.63, 3.8) is 0 Å². The number of benzene rings is 2. The van der Waals surface area contributed by atoms with Gasteiger partial charge in [0.1, 0.15) is 17.1 Å². The largest absolute Gasteiger partial charge is 0.573 e. The van der Waals surface area contributed by atoms with Gasteiger partial charge in [0.25, 0.3) is 0 Å². The lowest BCUT2D eigenvalue weighted by atomic mass is 10.3. The number of rotatable bonds is 5. The molecule has 2 heterocycles. The van der Waals surface area contributed by atoms with E-state index in [1.807, 2.05) is 0 Å². The molecule has 12 heteroatoms. The number of alkyl halides is 3. The summed E-state index contributed by atoms with van der Waals surface area (Å²) in [5, 5.41) is 7.53. The Balaban J connectivity index is 1.62. The number of anilines is 4. The molecule has 0 amide bonds. The predicted octanol–water partition coefficient (Wildman–Crippen LogP) is 7.09. The van der Waals surface area contributed by atoms with Gasteiger partial charge >= 0.3 is 6.36 Å². The van der Waals surface area contributed by atoms with Crippen LogP contribution in [-0.4, -0.2) is 21.3 Å². The molecule has 160 valence electrons. The zero-order chi connectivity index (χ0) is 22.2. The number of hydrogen-bond acceptors (Lipinski definition) is 7. The van der Waals surface area contributed by atoms with E-state index in [0.717, 1.165) is 0 Å². The number of para-hydroxylation sites is 1. The Morgan fingerprint density at radius 1 is 0.935 bits per heavy atom. The summed E-state index contributed by atoms with van der Waals surface area (Å²) in [4.78, 5) is 13.9. The Hall–Kier alpha value is -2.82. The van der Waals surface area contributed by atoms with Crippen LogP contribution < -0.4 is 15.4 Å². The van der Waals surface area contributed by atoms with Gasteiger partial charge in [-0.15, -0.1) is 13.2 Å². The summed E-state index contributed by atoms with van der Waals surface area (Å²) in [7, 11) is 0. The van der Waals surface area contributed by atoms with Crippen molar-refractivity contribution in [3.8, 4) is 5.75 Å². The van der Waals surface area contributed by atoms with Gasteiger partial charge < -0.3 is 15.4 Å². The highest BCUT2D eigenvalue weighted by atomic mass is 35.5. The van der Waals surface area contributed by atoms with E-state index in [4.69, 9.17) is 23.2 Å². The van der Waals surface area contributed by atoms with E-state index in [2.05, 4.69) is 30.3 Å². The molecule has 0 fully saturated rings. The van der Waals surface area contributed by atoms with Crippen LogP contribution in [0.1, 0.15) is 5.82 Å². The van der Waals surface area contributed by atoms with Gasteiger partial charge in [-0.2, -0.15) is 0 Å². The highest BCUT2D eigenvalue weighted by Crippen LogP contribution is 2.36. The van der Waals surface area contributed by atoms with Crippen LogP contribution in [-0.2, 0) is 0 Å². The molecule has 2 aromatic heterocycles. The quantitative estimate of drug-likeness (QED) is 0.314. The Labute approximate surface area is 188 Å². The fourth-order valence-corrected chi connectivity index (χ4v) is 4.05. The molecule has 2 N–H and O–H groups in total. The molecule has 0 bridgehead atoms. The zero-order valence-electron chi connectivity index (χ0n) is 15.6. The first-order valence-electron chi connectivity index (χ1n) is 8.67. The van der Waals surface area contributed by atoms with Gasteiger partial charge in [0.05, 0.1) is 15.7 Å². The van der Waals surface area contributed by atoms with Crippen LogP contribution in [0.15, 0.2) is 42.5 Å². The van der Waals surface area contributed by atoms with E-state index in [0.29, 0.717) is 48.5 Å². The first-order valence-corrected chi connectivity index (χ1v) is 10.2. The summed E-state index contributed by atoms with van der Waals surface area (Å²) in [6.45, 7) is 1.72. The van der Waals surface area contributed by atoms with Crippen molar-refractivity contribution in [2.75, 3.05) is 10.6 Å². The van der Waals surface area contributed by atoms with E-state index >= 15 is 0 Å². The molecule has 0 aliphatic rings. The maximum Gasteiger partial charge on any atom is 0.573 e. The third kappa shape index (κ3) is 5.09. The number of ether oxygens (including phenoxy) is 1. The molecule has 0 unspecified atom stereocenters. The maximum atomic E-state index is 12.3. The van der Waals surface area contributed by atoms with Gasteiger partial charge in [-0.1, -0.05) is 40.6 Å². The molecule has 0 radical (unpaired) electrons. The van der Waals surface area contributed by atoms with E-state index in [-0.39, 0.29) is 5.75 Å². The fourth-order valence-electron chi connectivity index (χ4n) is 2.67. The minimum Gasteiger partial charge on any atom is -0.406 e. The van der Waals surface area contributed by atoms with Gasteiger partial charge in [-0.3, -0.25) is 0 Å². The molecule has 0 saturated carbocycles. The molecule has 0 spiro atoms. The van der Waals surface area contributed by atoms with Crippen molar-refractivity contribution >= 4 is 67.2 Å². The molecule has 0 aliphatic heterocycles. The second-order valence-electron chi connectivity index (χ2n) is 6.21. The third-order valence-corrected chi connectivity index (χ3v) is 5.41. The summed E-state index contributed by atoms with van der Waals surface area (Å²) in [6, 6.07) is 10.4. The summed E-state index contributed by atoms with van der Waals surface area (Å²) in [5.41, 5.74) is 1.51. The normalized spacial score (nSPS) is 11.5. The zero-order valence-corrected chi connectivity index (χ0v) is 17.9. The SMILES string of the molecule is Cc1nc(Nc2ccc(OC(F)(F)F)cc2)c2nc(Nc3c(Cl)cccc3Cl)sc2n1. The summed E-state index contributed by atoms with van der Waals surface area (Å²) >= 11 is 13.7. The van der Waals surface area contributed by atoms with Gasteiger partial charge in [0, 0.05) is 5.69 Å². The second kappa shape index (κ2) is 8.37. The van der Waals surface area contributed by atoms with Crippen LogP contribution in [0.3, 0.4) is 0 Å².